The van der Waals surface area contributed by atoms with Crippen molar-refractivity contribution in [1.29, 1.82) is 0 Å². The van der Waals surface area contributed by atoms with Gasteiger partial charge in [-0.1, -0.05) is 104 Å². The van der Waals surface area contributed by atoms with Crippen molar-refractivity contribution in [3.63, 3.8) is 0 Å². The second-order valence-electron chi connectivity index (χ2n) is 5.84. The highest BCUT2D eigenvalue weighted by molar-refractivity contribution is 5.23. The van der Waals surface area contributed by atoms with Gasteiger partial charge in [-0.05, 0) is 18.1 Å². The number of aryl methyl sites for hydroxylation is 1. The molecule has 3 aromatic rings. The molecule has 0 spiro atoms. The average Bonchev–Trinajstić information content (AvgIpc) is 2.72. The summed E-state index contributed by atoms with van der Waals surface area (Å²) in [5.74, 6) is 0. The highest BCUT2D eigenvalue weighted by atomic mass is 16.7. The van der Waals surface area contributed by atoms with Gasteiger partial charge in [0.15, 0.2) is 6.29 Å². The van der Waals surface area contributed by atoms with Crippen molar-refractivity contribution in [3.05, 3.63) is 107 Å². The Bertz CT molecular complexity index is 678. The fraction of sp³-hybridized carbons (Fsp3) is 0.250. The maximum absolute atomic E-state index is 6.05. The number of rotatable bonds is 7. The first-order valence-corrected chi connectivity index (χ1v) is 9.19. The molecule has 0 N–H and O–H groups in total. The molecule has 0 aliphatic carbocycles. The number of benzene rings is 3. The van der Waals surface area contributed by atoms with Gasteiger partial charge in [-0.2, -0.15) is 0 Å². The van der Waals surface area contributed by atoms with E-state index in [1.54, 1.807) is 0 Å². The largest absolute Gasteiger partial charge is 0.344 e. The lowest BCUT2D eigenvalue weighted by molar-refractivity contribution is -0.161. The van der Waals surface area contributed by atoms with Crippen molar-refractivity contribution in [3.8, 4) is 0 Å². The second-order valence-corrected chi connectivity index (χ2v) is 5.84. The molecule has 0 radical (unpaired) electrons. The Kier molecular flexibility index (Phi) is 8.61. The van der Waals surface area contributed by atoms with Crippen LogP contribution in [0.4, 0.5) is 0 Å². The van der Waals surface area contributed by atoms with E-state index < -0.39 is 0 Å². The summed E-state index contributed by atoms with van der Waals surface area (Å²) < 4.78 is 12.1. The molecule has 0 bridgehead atoms. The Morgan fingerprint density at radius 1 is 0.615 bits per heavy atom. The molecular weight excluding hydrogens is 320 g/mol. The fourth-order valence-corrected chi connectivity index (χ4v) is 2.46. The summed E-state index contributed by atoms with van der Waals surface area (Å²) in [5, 5.41) is 0. The third-order valence-electron chi connectivity index (χ3n) is 3.84. The summed E-state index contributed by atoms with van der Waals surface area (Å²) in [5.41, 5.74) is 4.53. The van der Waals surface area contributed by atoms with Crippen LogP contribution < -0.4 is 0 Å². The van der Waals surface area contributed by atoms with Crippen LogP contribution in [0, 0.1) is 6.92 Å². The molecule has 26 heavy (non-hydrogen) atoms. The molecule has 3 aromatic carbocycles. The third-order valence-corrected chi connectivity index (χ3v) is 3.84. The van der Waals surface area contributed by atoms with Crippen LogP contribution in [-0.4, -0.2) is 0 Å². The molecule has 136 valence electrons. The van der Waals surface area contributed by atoms with Gasteiger partial charge >= 0.3 is 0 Å². The van der Waals surface area contributed by atoms with Gasteiger partial charge < -0.3 is 9.47 Å². The van der Waals surface area contributed by atoms with Crippen LogP contribution in [0.1, 0.15) is 42.4 Å². The van der Waals surface area contributed by atoms with Gasteiger partial charge in [-0.15, -0.1) is 0 Å². The van der Waals surface area contributed by atoms with Crippen molar-refractivity contribution in [2.24, 2.45) is 0 Å². The molecule has 0 unspecified atom stereocenters. The molecular formula is C24H28O2. The van der Waals surface area contributed by atoms with Gasteiger partial charge in [0.25, 0.3) is 0 Å². The van der Waals surface area contributed by atoms with Crippen LogP contribution in [-0.2, 0) is 22.7 Å². The first kappa shape index (κ1) is 19.9. The monoisotopic (exact) mass is 348 g/mol. The van der Waals surface area contributed by atoms with E-state index in [2.05, 4.69) is 55.5 Å². The minimum atomic E-state index is -0.383. The van der Waals surface area contributed by atoms with E-state index in [0.717, 1.165) is 16.7 Å². The molecule has 0 aromatic heterocycles. The standard InChI is InChI=1S/C22H22O2.C2H6/c1-18-12-14-21(15-13-18)22(23-16-19-8-4-2-5-9-19)24-17-20-10-6-3-7-11-20;1-2/h2-15,22H,16-17H2,1H3;1-2H3. The van der Waals surface area contributed by atoms with Crippen LogP contribution in [0.3, 0.4) is 0 Å². The molecule has 0 aliphatic rings. The predicted octanol–water partition coefficient (Wildman–Crippen LogP) is 6.45. The summed E-state index contributed by atoms with van der Waals surface area (Å²) in [6.07, 6.45) is -0.383. The van der Waals surface area contributed by atoms with Crippen molar-refractivity contribution in [2.75, 3.05) is 0 Å². The minimum absolute atomic E-state index is 0.383. The zero-order valence-corrected chi connectivity index (χ0v) is 15.9. The molecule has 2 heteroatoms. The summed E-state index contributed by atoms with van der Waals surface area (Å²) >= 11 is 0. The van der Waals surface area contributed by atoms with Crippen LogP contribution in [0.5, 0.6) is 0 Å². The summed E-state index contributed by atoms with van der Waals surface area (Å²) in [4.78, 5) is 0. The maximum Gasteiger partial charge on any atom is 0.184 e. The highest BCUT2D eigenvalue weighted by Crippen LogP contribution is 2.23. The summed E-state index contributed by atoms with van der Waals surface area (Å²) in [6.45, 7) is 7.12. The van der Waals surface area contributed by atoms with Crippen molar-refractivity contribution < 1.29 is 9.47 Å². The molecule has 0 heterocycles. The van der Waals surface area contributed by atoms with Crippen LogP contribution in [0.25, 0.3) is 0 Å². The lowest BCUT2D eigenvalue weighted by Gasteiger charge is -2.19. The Morgan fingerprint density at radius 2 is 1.04 bits per heavy atom. The molecule has 0 aliphatic heterocycles. The zero-order valence-electron chi connectivity index (χ0n) is 15.9. The van der Waals surface area contributed by atoms with E-state index in [0.29, 0.717) is 13.2 Å². The summed E-state index contributed by atoms with van der Waals surface area (Å²) in [7, 11) is 0. The van der Waals surface area contributed by atoms with Crippen molar-refractivity contribution >= 4 is 0 Å². The third kappa shape index (κ3) is 6.47. The van der Waals surface area contributed by atoms with Gasteiger partial charge in [0, 0.05) is 5.56 Å². The van der Waals surface area contributed by atoms with Gasteiger partial charge in [-0.25, -0.2) is 0 Å². The topological polar surface area (TPSA) is 18.5 Å². The Balaban J connectivity index is 0.00000117. The normalized spacial score (nSPS) is 10.3. The minimum Gasteiger partial charge on any atom is -0.344 e. The molecule has 3 rings (SSSR count). The molecule has 0 saturated carbocycles. The van der Waals surface area contributed by atoms with Crippen LogP contribution in [0.2, 0.25) is 0 Å². The molecule has 0 amide bonds. The number of ether oxygens (including phenoxy) is 2. The Hall–Kier alpha value is -2.42. The second kappa shape index (κ2) is 11.2. The van der Waals surface area contributed by atoms with E-state index >= 15 is 0 Å². The highest BCUT2D eigenvalue weighted by Gasteiger charge is 2.13. The Morgan fingerprint density at radius 3 is 1.46 bits per heavy atom. The number of hydrogen-bond acceptors (Lipinski definition) is 2. The fourth-order valence-electron chi connectivity index (χ4n) is 2.46. The average molecular weight is 348 g/mol. The molecule has 0 fully saturated rings. The van der Waals surface area contributed by atoms with E-state index in [1.165, 1.54) is 5.56 Å². The van der Waals surface area contributed by atoms with Gasteiger partial charge in [0.2, 0.25) is 0 Å². The van der Waals surface area contributed by atoms with Gasteiger partial charge in [0.1, 0.15) is 0 Å². The zero-order chi connectivity index (χ0) is 18.6. The molecule has 0 atom stereocenters. The van der Waals surface area contributed by atoms with E-state index in [9.17, 15) is 0 Å². The lowest BCUT2D eigenvalue weighted by Crippen LogP contribution is -2.09. The first-order chi connectivity index (χ1) is 12.8. The summed E-state index contributed by atoms with van der Waals surface area (Å²) in [6, 6.07) is 28.6. The Labute approximate surface area is 157 Å². The SMILES string of the molecule is CC.Cc1ccc(C(OCc2ccccc2)OCc2ccccc2)cc1. The van der Waals surface area contributed by atoms with Crippen molar-refractivity contribution in [1.82, 2.24) is 0 Å². The lowest BCUT2D eigenvalue weighted by atomic mass is 10.1. The van der Waals surface area contributed by atoms with Crippen LogP contribution in [0.15, 0.2) is 84.9 Å². The molecule has 0 saturated heterocycles. The quantitative estimate of drug-likeness (QED) is 0.457. The predicted molar refractivity (Wildman–Crippen MR) is 108 cm³/mol. The first-order valence-electron chi connectivity index (χ1n) is 9.19. The molecule has 2 nitrogen and oxygen atoms in total. The number of hydrogen-bond donors (Lipinski definition) is 0. The van der Waals surface area contributed by atoms with Gasteiger partial charge in [0.05, 0.1) is 13.2 Å². The van der Waals surface area contributed by atoms with E-state index in [-0.39, 0.29) is 6.29 Å². The maximum atomic E-state index is 6.05. The smallest absolute Gasteiger partial charge is 0.184 e. The van der Waals surface area contributed by atoms with Gasteiger partial charge in [-0.3, -0.25) is 0 Å². The van der Waals surface area contributed by atoms with E-state index in [4.69, 9.17) is 9.47 Å². The van der Waals surface area contributed by atoms with Crippen LogP contribution >= 0.6 is 0 Å². The van der Waals surface area contributed by atoms with E-state index in [1.807, 2.05) is 50.2 Å². The van der Waals surface area contributed by atoms with Crippen molar-refractivity contribution in [2.45, 2.75) is 40.3 Å².